The molecule has 3 saturated heterocycles. The topological polar surface area (TPSA) is 128 Å². The summed E-state index contributed by atoms with van der Waals surface area (Å²) in [7, 11) is 0. The van der Waals surface area contributed by atoms with Crippen molar-refractivity contribution in [2.75, 3.05) is 49.9 Å². The number of amides is 1. The first kappa shape index (κ1) is 34.9. The van der Waals surface area contributed by atoms with Crippen molar-refractivity contribution in [1.29, 1.82) is 0 Å². The first-order valence-electron chi connectivity index (χ1n) is 18.2. The van der Waals surface area contributed by atoms with E-state index in [0.29, 0.717) is 72.7 Å². The van der Waals surface area contributed by atoms with Gasteiger partial charge in [-0.15, -0.1) is 0 Å². The van der Waals surface area contributed by atoms with Gasteiger partial charge in [0.05, 0.1) is 50.8 Å². The zero-order valence-corrected chi connectivity index (χ0v) is 31.1. The molecule has 4 aromatic rings. The zero-order valence-electron chi connectivity index (χ0n) is 29.6. The number of hydrogen-bond acceptors (Lipinski definition) is 10. The van der Waals surface area contributed by atoms with Crippen LogP contribution in [0.25, 0.3) is 33.6 Å². The van der Waals surface area contributed by atoms with Gasteiger partial charge in [0.1, 0.15) is 17.4 Å². The second-order valence-electron chi connectivity index (χ2n) is 14.8. The Hall–Kier alpha value is -4.16. The highest BCUT2D eigenvalue weighted by molar-refractivity contribution is 6.39. The van der Waals surface area contributed by atoms with Gasteiger partial charge in [0.15, 0.2) is 0 Å². The maximum absolute atomic E-state index is 11.9. The lowest BCUT2D eigenvalue weighted by Gasteiger charge is -2.47. The third kappa shape index (κ3) is 6.64. The molecule has 0 atom stereocenters. The Kier molecular flexibility index (Phi) is 9.40. The van der Waals surface area contributed by atoms with Crippen LogP contribution in [0.4, 0.5) is 11.6 Å². The quantitative estimate of drug-likeness (QED) is 0.158. The largest absolute Gasteiger partial charge is 0.369 e. The van der Waals surface area contributed by atoms with E-state index in [0.717, 1.165) is 84.3 Å². The van der Waals surface area contributed by atoms with Gasteiger partial charge in [-0.25, -0.2) is 9.97 Å². The SMILES string of the molecule is CCNc1nc(-c2cccc(-c3cccc(-c4cnc(CN5CC6(CCC(=O)N6)C5)c(NCC)n4)c3Cl)c2Cl)cnc1CN1CC2(CCC(=O)C2)C1. The number of carbonyl (C=O) groups is 2. The van der Waals surface area contributed by atoms with Crippen molar-refractivity contribution < 1.29 is 9.59 Å². The molecule has 4 aliphatic rings. The predicted molar refractivity (Wildman–Crippen MR) is 204 cm³/mol. The first-order chi connectivity index (χ1) is 25.2. The molecule has 2 aromatic heterocycles. The first-order valence-corrected chi connectivity index (χ1v) is 19.0. The highest BCUT2D eigenvalue weighted by atomic mass is 35.5. The Bertz CT molecular complexity index is 1900. The van der Waals surface area contributed by atoms with Gasteiger partial charge in [0.2, 0.25) is 5.91 Å². The summed E-state index contributed by atoms with van der Waals surface area (Å²) < 4.78 is 0. The Labute approximate surface area is 313 Å². The van der Waals surface area contributed by atoms with E-state index in [2.05, 4.69) is 25.8 Å². The molecule has 13 heteroatoms. The van der Waals surface area contributed by atoms with Crippen LogP contribution in [0.5, 0.6) is 0 Å². The molecule has 2 spiro atoms. The molecular weight excluding hydrogens is 697 g/mol. The molecule has 11 nitrogen and oxygen atoms in total. The molecule has 0 bridgehead atoms. The minimum atomic E-state index is -0.0863. The average Bonchev–Trinajstić information content (AvgIpc) is 3.69. The van der Waals surface area contributed by atoms with Crippen LogP contribution >= 0.6 is 23.2 Å². The van der Waals surface area contributed by atoms with E-state index in [1.165, 1.54) is 0 Å². The maximum Gasteiger partial charge on any atom is 0.220 e. The fourth-order valence-corrected chi connectivity index (χ4v) is 9.10. The van der Waals surface area contributed by atoms with Crippen LogP contribution in [-0.2, 0) is 22.7 Å². The van der Waals surface area contributed by atoms with Gasteiger partial charge in [0.25, 0.3) is 0 Å². The van der Waals surface area contributed by atoms with Crippen molar-refractivity contribution in [3.63, 3.8) is 0 Å². The average molecular weight is 741 g/mol. The smallest absolute Gasteiger partial charge is 0.220 e. The van der Waals surface area contributed by atoms with Gasteiger partial charge in [-0.3, -0.25) is 29.4 Å². The van der Waals surface area contributed by atoms with Gasteiger partial charge < -0.3 is 16.0 Å². The minimum absolute atomic E-state index is 0.0863. The van der Waals surface area contributed by atoms with Gasteiger partial charge >= 0.3 is 0 Å². The molecular formula is C39H43Cl2N9O2. The summed E-state index contributed by atoms with van der Waals surface area (Å²) in [6.07, 6.45) is 7.46. The summed E-state index contributed by atoms with van der Waals surface area (Å²) in [5.41, 5.74) is 6.21. The molecule has 8 rings (SSSR count). The van der Waals surface area contributed by atoms with E-state index in [4.69, 9.17) is 43.1 Å². The molecule has 1 aliphatic carbocycles. The van der Waals surface area contributed by atoms with Crippen LogP contribution in [0, 0.1) is 5.41 Å². The lowest BCUT2D eigenvalue weighted by molar-refractivity contribution is -0.121. The summed E-state index contributed by atoms with van der Waals surface area (Å²) in [5, 5.41) is 11.0. The molecule has 3 aliphatic heterocycles. The summed E-state index contributed by atoms with van der Waals surface area (Å²) in [6, 6.07) is 11.7. The monoisotopic (exact) mass is 739 g/mol. The van der Waals surface area contributed by atoms with Gasteiger partial charge in [-0.2, -0.15) is 0 Å². The minimum Gasteiger partial charge on any atom is -0.369 e. The highest BCUT2D eigenvalue weighted by Gasteiger charge is 2.48. The number of aromatic nitrogens is 4. The fourth-order valence-electron chi connectivity index (χ4n) is 8.45. The van der Waals surface area contributed by atoms with Crippen molar-refractivity contribution in [3.8, 4) is 33.6 Å². The van der Waals surface area contributed by atoms with Crippen LogP contribution in [0.3, 0.4) is 0 Å². The number of rotatable bonds is 11. The number of carbonyl (C=O) groups excluding carboxylic acids is 2. The second kappa shape index (κ2) is 14.0. The van der Waals surface area contributed by atoms with E-state index in [1.54, 1.807) is 12.4 Å². The number of nitrogens with zero attached hydrogens (tertiary/aromatic N) is 6. The van der Waals surface area contributed by atoms with E-state index in [-0.39, 0.29) is 16.9 Å². The Morgan fingerprint density at radius 1 is 0.731 bits per heavy atom. The summed E-state index contributed by atoms with van der Waals surface area (Å²) in [5.74, 6) is 1.99. The normalized spacial score (nSPS) is 19.2. The Balaban J connectivity index is 1.03. The molecule has 52 heavy (non-hydrogen) atoms. The third-order valence-electron chi connectivity index (χ3n) is 10.9. The Morgan fingerprint density at radius 2 is 1.25 bits per heavy atom. The standard InChI is InChI=1S/C39H43Cl2N9O2/c1-3-42-36-31(18-49-20-38(21-49)13-11-24(51)15-38)44-16-29(46-36)27-9-5-7-25(34(27)40)26-8-6-10-28(35(26)41)30-17-45-32(37(47-30)43-4-2)19-50-22-39(23-50)14-12-33(52)48-39/h5-10,16-17H,3-4,11-15,18-23H2,1-2H3,(H,42,46)(H,43,47)(H,48,52). The molecule has 5 heterocycles. The number of Topliss-reactive ketones (excluding diaryl/α,β-unsaturated/α-hetero) is 1. The summed E-state index contributed by atoms with van der Waals surface area (Å²) in [4.78, 5) is 48.0. The highest BCUT2D eigenvalue weighted by Crippen LogP contribution is 2.45. The van der Waals surface area contributed by atoms with Crippen molar-refractivity contribution in [2.24, 2.45) is 5.41 Å². The zero-order chi connectivity index (χ0) is 36.0. The molecule has 1 amide bonds. The lowest BCUT2D eigenvalue weighted by Crippen LogP contribution is -2.66. The van der Waals surface area contributed by atoms with Crippen LogP contribution in [-0.4, -0.2) is 86.2 Å². The van der Waals surface area contributed by atoms with Crippen molar-refractivity contribution in [1.82, 2.24) is 35.1 Å². The van der Waals surface area contributed by atoms with Crippen LogP contribution in [0.2, 0.25) is 10.0 Å². The van der Waals surface area contributed by atoms with Crippen molar-refractivity contribution in [3.05, 3.63) is 70.2 Å². The molecule has 0 unspecified atom stereocenters. The third-order valence-corrected chi connectivity index (χ3v) is 11.7. The van der Waals surface area contributed by atoms with E-state index in [9.17, 15) is 9.59 Å². The van der Waals surface area contributed by atoms with E-state index < -0.39 is 0 Å². The number of anilines is 2. The van der Waals surface area contributed by atoms with Gasteiger partial charge in [-0.1, -0.05) is 59.6 Å². The molecule has 0 radical (unpaired) electrons. The molecule has 4 fully saturated rings. The van der Waals surface area contributed by atoms with Crippen LogP contribution in [0.15, 0.2) is 48.8 Å². The van der Waals surface area contributed by atoms with E-state index in [1.807, 2.05) is 50.2 Å². The fraction of sp³-hybridized carbons (Fsp3) is 0.436. The Morgan fingerprint density at radius 3 is 1.71 bits per heavy atom. The number of benzene rings is 2. The molecule has 3 N–H and O–H groups in total. The summed E-state index contributed by atoms with van der Waals surface area (Å²) >= 11 is 14.3. The molecule has 1 saturated carbocycles. The van der Waals surface area contributed by atoms with Gasteiger partial charge in [-0.05, 0) is 26.7 Å². The van der Waals surface area contributed by atoms with Gasteiger partial charge in [0, 0.05) is 99.3 Å². The second-order valence-corrected chi connectivity index (χ2v) is 15.6. The number of ketones is 1. The number of nitrogens with one attached hydrogen (secondary N) is 3. The number of likely N-dealkylation sites (tertiary alicyclic amines) is 2. The van der Waals surface area contributed by atoms with Crippen molar-refractivity contribution >= 4 is 46.5 Å². The van der Waals surface area contributed by atoms with Crippen LogP contribution in [0.1, 0.15) is 57.3 Å². The lowest BCUT2D eigenvalue weighted by atomic mass is 9.78. The van der Waals surface area contributed by atoms with Crippen molar-refractivity contribution in [2.45, 2.75) is 64.6 Å². The predicted octanol–water partition coefficient (Wildman–Crippen LogP) is 6.46. The van der Waals surface area contributed by atoms with Crippen LogP contribution < -0.4 is 16.0 Å². The molecule has 270 valence electrons. The van der Waals surface area contributed by atoms with E-state index >= 15 is 0 Å². The maximum atomic E-state index is 11.9. The number of halogens is 2. The summed E-state index contributed by atoms with van der Waals surface area (Å²) in [6.45, 7) is 10.3. The molecule has 2 aromatic carbocycles. The number of hydrogen-bond donors (Lipinski definition) is 3.